The Balaban J connectivity index is 1.58. The van der Waals surface area contributed by atoms with Crippen LogP contribution in [0, 0.1) is 0 Å². The van der Waals surface area contributed by atoms with Crippen LogP contribution in [0.5, 0.6) is 0 Å². The molecule has 1 atom stereocenters. The van der Waals surface area contributed by atoms with Crippen LogP contribution in [0.25, 0.3) is 0 Å². The van der Waals surface area contributed by atoms with E-state index in [1.165, 1.54) is 6.20 Å². The lowest BCUT2D eigenvalue weighted by Crippen LogP contribution is -2.21. The summed E-state index contributed by atoms with van der Waals surface area (Å²) in [4.78, 5) is 8.91. The summed E-state index contributed by atoms with van der Waals surface area (Å²) in [5.41, 5.74) is -0.290. The van der Waals surface area contributed by atoms with Crippen molar-refractivity contribution in [2.75, 3.05) is 11.9 Å². The van der Waals surface area contributed by atoms with Crippen molar-refractivity contribution in [2.45, 2.75) is 18.7 Å². The van der Waals surface area contributed by atoms with Gasteiger partial charge in [-0.25, -0.2) is 4.98 Å². The van der Waals surface area contributed by atoms with Gasteiger partial charge < -0.3 is 14.7 Å². The van der Waals surface area contributed by atoms with Crippen molar-refractivity contribution in [1.29, 1.82) is 0 Å². The molecular formula is C13H10ClF3N4O2. The van der Waals surface area contributed by atoms with Gasteiger partial charge in [0.1, 0.15) is 11.5 Å². The van der Waals surface area contributed by atoms with Crippen LogP contribution in [-0.4, -0.2) is 28.5 Å². The largest absolute Gasteiger partial charge is 0.417 e. The number of nitrogens with one attached hydrogen (secondary N) is 1. The van der Waals surface area contributed by atoms with E-state index in [2.05, 4.69) is 20.6 Å². The Morgan fingerprint density at radius 2 is 2.22 bits per heavy atom. The maximum absolute atomic E-state index is 12.5. The molecule has 2 aromatic rings. The van der Waals surface area contributed by atoms with Crippen molar-refractivity contribution in [3.63, 3.8) is 0 Å². The van der Waals surface area contributed by atoms with Gasteiger partial charge in [-0.1, -0.05) is 21.9 Å². The first kappa shape index (κ1) is 15.6. The van der Waals surface area contributed by atoms with Crippen molar-refractivity contribution >= 4 is 23.1 Å². The minimum Gasteiger partial charge on any atom is -0.390 e. The topological polar surface area (TPSA) is 72.5 Å². The molecule has 3 rings (SSSR count). The summed E-state index contributed by atoms with van der Waals surface area (Å²) in [6, 6.07) is 2.48. The number of pyridine rings is 1. The summed E-state index contributed by atoms with van der Waals surface area (Å²) in [5, 5.41) is 10.2. The molecule has 0 aromatic carbocycles. The summed E-state index contributed by atoms with van der Waals surface area (Å²) in [7, 11) is 0. The molecule has 0 unspecified atom stereocenters. The summed E-state index contributed by atoms with van der Waals surface area (Å²) in [6.07, 6.45) is -2.10. The molecule has 0 saturated heterocycles. The lowest BCUT2D eigenvalue weighted by molar-refractivity contribution is -0.137. The lowest BCUT2D eigenvalue weighted by atomic mass is 10.1. The Kier molecular flexibility index (Phi) is 4.12. The van der Waals surface area contributed by atoms with Crippen LogP contribution in [0.1, 0.15) is 17.7 Å². The molecule has 3 heterocycles. The van der Waals surface area contributed by atoms with E-state index in [9.17, 15) is 13.2 Å². The summed E-state index contributed by atoms with van der Waals surface area (Å²) in [6.45, 7) is 0.277. The van der Waals surface area contributed by atoms with Crippen LogP contribution in [-0.2, 0) is 11.0 Å². The maximum atomic E-state index is 12.5. The van der Waals surface area contributed by atoms with Crippen molar-refractivity contribution < 1.29 is 22.5 Å². The molecule has 6 nitrogen and oxygen atoms in total. The number of oxime groups is 1. The maximum Gasteiger partial charge on any atom is 0.417 e. The van der Waals surface area contributed by atoms with Gasteiger partial charge in [-0.2, -0.15) is 13.2 Å². The van der Waals surface area contributed by atoms with E-state index in [0.717, 1.165) is 12.3 Å². The molecule has 10 heteroatoms. The molecule has 0 saturated carbocycles. The van der Waals surface area contributed by atoms with Gasteiger partial charge in [0.15, 0.2) is 11.9 Å². The van der Waals surface area contributed by atoms with E-state index < -0.39 is 11.7 Å². The first-order valence-electron chi connectivity index (χ1n) is 6.54. The third-order valence-corrected chi connectivity index (χ3v) is 3.41. The molecule has 122 valence electrons. The van der Waals surface area contributed by atoms with Crippen molar-refractivity contribution in [1.82, 2.24) is 10.1 Å². The summed E-state index contributed by atoms with van der Waals surface area (Å²) < 4.78 is 42.6. The van der Waals surface area contributed by atoms with Crippen LogP contribution in [0.3, 0.4) is 0 Å². The average molecular weight is 347 g/mol. The number of halogens is 4. The second-order valence-electron chi connectivity index (χ2n) is 4.78. The predicted octanol–water partition coefficient (Wildman–Crippen LogP) is 3.35. The van der Waals surface area contributed by atoms with Gasteiger partial charge in [0, 0.05) is 18.7 Å². The number of alkyl halides is 3. The summed E-state index contributed by atoms with van der Waals surface area (Å²) >= 11 is 5.81. The van der Waals surface area contributed by atoms with E-state index in [1.54, 1.807) is 6.07 Å². The Labute approximate surface area is 133 Å². The second-order valence-corrected chi connectivity index (χ2v) is 5.19. The molecule has 0 aliphatic carbocycles. The third kappa shape index (κ3) is 3.55. The first-order chi connectivity index (χ1) is 10.9. The second kappa shape index (κ2) is 6.07. The van der Waals surface area contributed by atoms with Gasteiger partial charge in [0.2, 0.25) is 0 Å². The van der Waals surface area contributed by atoms with Crippen molar-refractivity contribution in [3.8, 4) is 0 Å². The van der Waals surface area contributed by atoms with E-state index in [1.807, 2.05) is 0 Å². The summed E-state index contributed by atoms with van der Waals surface area (Å²) in [5.74, 6) is 0.662. The van der Waals surface area contributed by atoms with E-state index >= 15 is 0 Å². The number of aromatic nitrogens is 2. The van der Waals surface area contributed by atoms with Gasteiger partial charge in [-0.05, 0) is 6.07 Å². The average Bonchev–Trinajstić information content (AvgIpc) is 3.16. The fourth-order valence-electron chi connectivity index (χ4n) is 1.98. The molecule has 1 aliphatic heterocycles. The Morgan fingerprint density at radius 3 is 2.87 bits per heavy atom. The standard InChI is InChI=1S/C13H10ClF3N4O2/c14-9-3-7(13(15,16)17)5-18-12(9)19-6-8-4-10(21-22-8)11-1-2-20-23-11/h1-3,5,8H,4,6H2,(H,18,19)/t8-/m0/s1. The predicted molar refractivity (Wildman–Crippen MR) is 75.3 cm³/mol. The molecule has 0 fully saturated rings. The molecular weight excluding hydrogens is 337 g/mol. The third-order valence-electron chi connectivity index (χ3n) is 3.12. The fraction of sp³-hybridized carbons (Fsp3) is 0.308. The molecule has 1 N–H and O–H groups in total. The fourth-order valence-corrected chi connectivity index (χ4v) is 2.21. The highest BCUT2D eigenvalue weighted by molar-refractivity contribution is 6.32. The SMILES string of the molecule is FC(F)(F)c1cnc(NC[C@@H]2CC(c3ccno3)=NO2)c(Cl)c1. The van der Waals surface area contributed by atoms with Crippen LogP contribution < -0.4 is 5.32 Å². The Morgan fingerprint density at radius 1 is 1.39 bits per heavy atom. The van der Waals surface area contributed by atoms with E-state index in [-0.39, 0.29) is 23.5 Å². The quantitative estimate of drug-likeness (QED) is 0.919. The highest BCUT2D eigenvalue weighted by atomic mass is 35.5. The molecule has 23 heavy (non-hydrogen) atoms. The highest BCUT2D eigenvalue weighted by Crippen LogP contribution is 2.32. The molecule has 0 bridgehead atoms. The number of anilines is 1. The number of hydrogen-bond donors (Lipinski definition) is 1. The molecule has 0 radical (unpaired) electrons. The Bertz CT molecular complexity index is 719. The van der Waals surface area contributed by atoms with Gasteiger partial charge in [0.05, 0.1) is 23.3 Å². The van der Waals surface area contributed by atoms with E-state index in [0.29, 0.717) is 17.9 Å². The minimum absolute atomic E-state index is 0.116. The zero-order chi connectivity index (χ0) is 16.4. The monoisotopic (exact) mass is 346 g/mol. The lowest BCUT2D eigenvalue weighted by Gasteiger charge is -2.13. The van der Waals surface area contributed by atoms with Crippen LogP contribution in [0.4, 0.5) is 19.0 Å². The van der Waals surface area contributed by atoms with Gasteiger partial charge in [-0.15, -0.1) is 0 Å². The smallest absolute Gasteiger partial charge is 0.390 e. The number of rotatable bonds is 4. The van der Waals surface area contributed by atoms with Gasteiger partial charge in [0.25, 0.3) is 0 Å². The first-order valence-corrected chi connectivity index (χ1v) is 6.91. The molecule has 0 amide bonds. The number of hydrogen-bond acceptors (Lipinski definition) is 6. The zero-order valence-corrected chi connectivity index (χ0v) is 12.2. The molecule has 2 aromatic heterocycles. The molecule has 1 aliphatic rings. The van der Waals surface area contributed by atoms with Crippen LogP contribution in [0.2, 0.25) is 5.02 Å². The highest BCUT2D eigenvalue weighted by Gasteiger charge is 2.31. The minimum atomic E-state index is -4.48. The van der Waals surface area contributed by atoms with E-state index in [4.69, 9.17) is 21.0 Å². The normalized spacial score (nSPS) is 17.7. The van der Waals surface area contributed by atoms with Crippen LogP contribution in [0.15, 0.2) is 34.2 Å². The van der Waals surface area contributed by atoms with Crippen molar-refractivity contribution in [3.05, 3.63) is 40.9 Å². The molecule has 0 spiro atoms. The Hall–Kier alpha value is -2.29. The van der Waals surface area contributed by atoms with Crippen molar-refractivity contribution in [2.24, 2.45) is 5.16 Å². The van der Waals surface area contributed by atoms with Crippen LogP contribution >= 0.6 is 11.6 Å². The van der Waals surface area contributed by atoms with Gasteiger partial charge in [-0.3, -0.25) is 0 Å². The zero-order valence-electron chi connectivity index (χ0n) is 11.5. The van der Waals surface area contributed by atoms with Gasteiger partial charge >= 0.3 is 6.18 Å². The number of nitrogens with zero attached hydrogens (tertiary/aromatic N) is 3.